The molecule has 1 fully saturated rings. The van der Waals surface area contributed by atoms with Gasteiger partial charge in [0.05, 0.1) is 10.0 Å². The molecule has 0 spiro atoms. The molecule has 110 valence electrons. The number of halogens is 2. The largest absolute Gasteiger partial charge is 0.484 e. The molecule has 0 bridgehead atoms. The van der Waals surface area contributed by atoms with Crippen molar-refractivity contribution in [1.82, 2.24) is 4.90 Å². The Hall–Kier alpha value is -0.970. The van der Waals surface area contributed by atoms with Gasteiger partial charge in [0.25, 0.3) is 5.91 Å². The second-order valence-electron chi connectivity index (χ2n) is 4.92. The highest BCUT2D eigenvalue weighted by atomic mass is 35.5. The van der Waals surface area contributed by atoms with E-state index in [0.29, 0.717) is 28.3 Å². The maximum atomic E-state index is 12.0. The van der Waals surface area contributed by atoms with Crippen LogP contribution >= 0.6 is 23.2 Å². The molecule has 2 N–H and O–H groups in total. The summed E-state index contributed by atoms with van der Waals surface area (Å²) < 4.78 is 5.45. The van der Waals surface area contributed by atoms with Gasteiger partial charge in [-0.1, -0.05) is 23.2 Å². The maximum absolute atomic E-state index is 12.0. The van der Waals surface area contributed by atoms with Crippen molar-refractivity contribution in [3.8, 4) is 5.75 Å². The standard InChI is InChI=1S/C14H18Cl2N2O2/c15-12-2-1-11(7-13(12)16)20-9-14(19)18-5-3-10(8-17)4-6-18/h1-2,7,10H,3-6,8-9,17H2. The maximum Gasteiger partial charge on any atom is 0.260 e. The number of nitrogens with zero attached hydrogens (tertiary/aromatic N) is 1. The predicted molar refractivity (Wildman–Crippen MR) is 80.3 cm³/mol. The summed E-state index contributed by atoms with van der Waals surface area (Å²) in [5, 5.41) is 0.884. The van der Waals surface area contributed by atoms with Crippen molar-refractivity contribution in [1.29, 1.82) is 0 Å². The van der Waals surface area contributed by atoms with E-state index in [1.165, 1.54) is 0 Å². The molecule has 6 heteroatoms. The molecule has 0 aromatic heterocycles. The Bertz CT molecular complexity index is 474. The minimum atomic E-state index is -0.00783. The van der Waals surface area contributed by atoms with E-state index >= 15 is 0 Å². The van der Waals surface area contributed by atoms with Gasteiger partial charge in [-0.3, -0.25) is 4.79 Å². The normalized spacial score (nSPS) is 16.2. The van der Waals surface area contributed by atoms with Crippen molar-refractivity contribution >= 4 is 29.1 Å². The smallest absolute Gasteiger partial charge is 0.260 e. The Morgan fingerprint density at radius 1 is 1.30 bits per heavy atom. The Balaban J connectivity index is 1.81. The first-order valence-electron chi connectivity index (χ1n) is 6.66. The van der Waals surface area contributed by atoms with Gasteiger partial charge in [0, 0.05) is 19.2 Å². The van der Waals surface area contributed by atoms with Crippen LogP contribution in [0.5, 0.6) is 5.75 Å². The van der Waals surface area contributed by atoms with Crippen LogP contribution in [0.3, 0.4) is 0 Å². The summed E-state index contributed by atoms with van der Waals surface area (Å²) in [5.41, 5.74) is 5.63. The Kier molecular flexibility index (Phi) is 5.52. The molecule has 1 aromatic rings. The summed E-state index contributed by atoms with van der Waals surface area (Å²) in [4.78, 5) is 13.9. The molecule has 1 amide bonds. The van der Waals surface area contributed by atoms with Crippen LogP contribution in [-0.2, 0) is 4.79 Å². The van der Waals surface area contributed by atoms with Crippen molar-refractivity contribution in [2.75, 3.05) is 26.2 Å². The molecule has 1 aliphatic heterocycles. The van der Waals surface area contributed by atoms with Gasteiger partial charge in [-0.05, 0) is 37.4 Å². The third-order valence-electron chi connectivity index (χ3n) is 3.55. The molecule has 1 heterocycles. The third kappa shape index (κ3) is 4.01. The van der Waals surface area contributed by atoms with Crippen LogP contribution in [0, 0.1) is 5.92 Å². The predicted octanol–water partition coefficient (Wildman–Crippen LogP) is 2.57. The fraction of sp³-hybridized carbons (Fsp3) is 0.500. The molecule has 1 saturated heterocycles. The highest BCUT2D eigenvalue weighted by Gasteiger charge is 2.22. The molecule has 20 heavy (non-hydrogen) atoms. The van der Waals surface area contributed by atoms with Gasteiger partial charge in [-0.2, -0.15) is 0 Å². The SMILES string of the molecule is NCC1CCN(C(=O)COc2ccc(Cl)c(Cl)c2)CC1. The summed E-state index contributed by atoms with van der Waals surface area (Å²) in [6.07, 6.45) is 1.93. The van der Waals surface area contributed by atoms with Crippen LogP contribution < -0.4 is 10.5 Å². The molecular weight excluding hydrogens is 299 g/mol. The minimum absolute atomic E-state index is 0.00783. The minimum Gasteiger partial charge on any atom is -0.484 e. The number of piperidine rings is 1. The van der Waals surface area contributed by atoms with Gasteiger partial charge in [-0.15, -0.1) is 0 Å². The number of nitrogens with two attached hydrogens (primary N) is 1. The lowest BCUT2D eigenvalue weighted by Gasteiger charge is -2.31. The van der Waals surface area contributed by atoms with Crippen molar-refractivity contribution < 1.29 is 9.53 Å². The molecule has 0 saturated carbocycles. The first-order chi connectivity index (χ1) is 9.60. The number of likely N-dealkylation sites (tertiary alicyclic amines) is 1. The van der Waals surface area contributed by atoms with Crippen LogP contribution in [0.4, 0.5) is 0 Å². The Morgan fingerprint density at radius 2 is 2.00 bits per heavy atom. The van der Waals surface area contributed by atoms with Gasteiger partial charge in [-0.25, -0.2) is 0 Å². The van der Waals surface area contributed by atoms with Gasteiger partial charge >= 0.3 is 0 Å². The van der Waals surface area contributed by atoms with E-state index in [9.17, 15) is 4.79 Å². The van der Waals surface area contributed by atoms with Crippen LogP contribution in [0.1, 0.15) is 12.8 Å². The fourth-order valence-electron chi connectivity index (χ4n) is 2.22. The third-order valence-corrected chi connectivity index (χ3v) is 4.29. The summed E-state index contributed by atoms with van der Waals surface area (Å²) in [5.74, 6) is 1.08. The molecule has 2 rings (SSSR count). The van der Waals surface area contributed by atoms with E-state index in [-0.39, 0.29) is 12.5 Å². The zero-order valence-electron chi connectivity index (χ0n) is 11.1. The Labute approximate surface area is 128 Å². The van der Waals surface area contributed by atoms with Crippen molar-refractivity contribution in [3.05, 3.63) is 28.2 Å². The Morgan fingerprint density at radius 3 is 2.60 bits per heavy atom. The second-order valence-corrected chi connectivity index (χ2v) is 5.74. The average molecular weight is 317 g/mol. The van der Waals surface area contributed by atoms with E-state index in [1.54, 1.807) is 18.2 Å². The van der Waals surface area contributed by atoms with E-state index < -0.39 is 0 Å². The highest BCUT2D eigenvalue weighted by Crippen LogP contribution is 2.26. The summed E-state index contributed by atoms with van der Waals surface area (Å²) in [6.45, 7) is 2.23. The van der Waals surface area contributed by atoms with E-state index in [0.717, 1.165) is 25.9 Å². The van der Waals surface area contributed by atoms with Crippen LogP contribution in [0.2, 0.25) is 10.0 Å². The monoisotopic (exact) mass is 316 g/mol. The lowest BCUT2D eigenvalue weighted by molar-refractivity contribution is -0.134. The van der Waals surface area contributed by atoms with E-state index in [2.05, 4.69) is 0 Å². The first kappa shape index (κ1) is 15.4. The number of benzene rings is 1. The van der Waals surface area contributed by atoms with Crippen LogP contribution in [-0.4, -0.2) is 37.0 Å². The highest BCUT2D eigenvalue weighted by molar-refractivity contribution is 6.42. The number of amides is 1. The zero-order valence-corrected chi connectivity index (χ0v) is 12.7. The number of carbonyl (C=O) groups excluding carboxylic acids is 1. The van der Waals surface area contributed by atoms with Crippen molar-refractivity contribution in [2.24, 2.45) is 11.7 Å². The van der Waals surface area contributed by atoms with Crippen LogP contribution in [0.15, 0.2) is 18.2 Å². The molecule has 4 nitrogen and oxygen atoms in total. The summed E-state index contributed by atoms with van der Waals surface area (Å²) >= 11 is 11.7. The van der Waals surface area contributed by atoms with Crippen molar-refractivity contribution in [2.45, 2.75) is 12.8 Å². The van der Waals surface area contributed by atoms with Gasteiger partial charge in [0.2, 0.25) is 0 Å². The molecule has 0 atom stereocenters. The number of ether oxygens (including phenoxy) is 1. The van der Waals surface area contributed by atoms with Gasteiger partial charge in [0.1, 0.15) is 5.75 Å². The first-order valence-corrected chi connectivity index (χ1v) is 7.41. The van der Waals surface area contributed by atoms with E-state index in [1.807, 2.05) is 4.90 Å². The second kappa shape index (κ2) is 7.16. The quantitative estimate of drug-likeness (QED) is 0.928. The number of hydrogen-bond acceptors (Lipinski definition) is 3. The molecular formula is C14H18Cl2N2O2. The fourth-order valence-corrected chi connectivity index (χ4v) is 2.51. The molecule has 1 aliphatic rings. The number of carbonyl (C=O) groups is 1. The molecule has 0 unspecified atom stereocenters. The molecule has 0 radical (unpaired) electrons. The summed E-state index contributed by atoms with van der Waals surface area (Å²) in [6, 6.07) is 4.95. The van der Waals surface area contributed by atoms with Crippen molar-refractivity contribution in [3.63, 3.8) is 0 Å². The number of hydrogen-bond donors (Lipinski definition) is 1. The molecule has 0 aliphatic carbocycles. The lowest BCUT2D eigenvalue weighted by atomic mass is 9.97. The number of rotatable bonds is 4. The average Bonchev–Trinajstić information content (AvgIpc) is 2.48. The van der Waals surface area contributed by atoms with Crippen LogP contribution in [0.25, 0.3) is 0 Å². The lowest BCUT2D eigenvalue weighted by Crippen LogP contribution is -2.42. The topological polar surface area (TPSA) is 55.6 Å². The summed E-state index contributed by atoms with van der Waals surface area (Å²) in [7, 11) is 0. The van der Waals surface area contributed by atoms with Gasteiger partial charge in [0.15, 0.2) is 6.61 Å². The zero-order chi connectivity index (χ0) is 14.5. The van der Waals surface area contributed by atoms with E-state index in [4.69, 9.17) is 33.7 Å². The van der Waals surface area contributed by atoms with Gasteiger partial charge < -0.3 is 15.4 Å². The molecule has 1 aromatic carbocycles.